The van der Waals surface area contributed by atoms with Gasteiger partial charge in [0.15, 0.2) is 18.1 Å². The van der Waals surface area contributed by atoms with Crippen molar-refractivity contribution >= 4 is 29.0 Å². The third kappa shape index (κ3) is 3.11. The number of hydrogen-bond donors (Lipinski definition) is 0. The van der Waals surface area contributed by atoms with Crippen LogP contribution in [0.4, 0.5) is 0 Å². The Hall–Kier alpha value is -1.58. The number of carbonyl (C=O) groups excluding carboxylic acids is 1. The lowest BCUT2D eigenvalue weighted by Gasteiger charge is -2.12. The van der Waals surface area contributed by atoms with Crippen LogP contribution in [0.1, 0.15) is 21.7 Å². The highest BCUT2D eigenvalue weighted by molar-refractivity contribution is 6.37. The van der Waals surface area contributed by atoms with Crippen LogP contribution in [0.25, 0.3) is 0 Å². The number of aromatic nitrogens is 1. The van der Waals surface area contributed by atoms with Gasteiger partial charge in [-0.3, -0.25) is 9.78 Å². The fourth-order valence-electron chi connectivity index (χ4n) is 1.75. The van der Waals surface area contributed by atoms with E-state index in [9.17, 15) is 4.79 Å². The van der Waals surface area contributed by atoms with E-state index in [2.05, 4.69) is 4.98 Å². The third-order valence-corrected chi connectivity index (χ3v) is 3.70. The molecule has 0 bridgehead atoms. The molecular formula is C15H13Cl2NO2. The molecule has 0 saturated carbocycles. The van der Waals surface area contributed by atoms with Gasteiger partial charge in [-0.05, 0) is 13.8 Å². The number of hydrogen-bond acceptors (Lipinski definition) is 3. The molecule has 2 rings (SSSR count). The number of ether oxygens (including phenoxy) is 1. The van der Waals surface area contributed by atoms with Crippen LogP contribution in [0.3, 0.4) is 0 Å². The van der Waals surface area contributed by atoms with Gasteiger partial charge in [0.05, 0.1) is 11.4 Å². The van der Waals surface area contributed by atoms with E-state index in [1.807, 2.05) is 6.07 Å². The molecule has 0 aliphatic heterocycles. The zero-order valence-corrected chi connectivity index (χ0v) is 12.6. The lowest BCUT2D eigenvalue weighted by Crippen LogP contribution is -2.12. The maximum atomic E-state index is 12.0. The fourth-order valence-corrected chi connectivity index (χ4v) is 2.18. The second-order valence-corrected chi connectivity index (χ2v) is 5.07. The van der Waals surface area contributed by atoms with Crippen LogP contribution in [0, 0.1) is 13.8 Å². The minimum atomic E-state index is -0.134. The molecule has 0 aliphatic rings. The highest BCUT2D eigenvalue weighted by atomic mass is 35.5. The van der Waals surface area contributed by atoms with Gasteiger partial charge in [-0.1, -0.05) is 53.5 Å². The Balaban J connectivity index is 2.18. The van der Waals surface area contributed by atoms with Crippen molar-refractivity contribution in [3.63, 3.8) is 0 Å². The maximum absolute atomic E-state index is 12.0. The molecule has 0 spiro atoms. The predicted octanol–water partition coefficient (Wildman–Crippen LogP) is 4.27. The third-order valence-electron chi connectivity index (χ3n) is 2.81. The molecule has 2 aromatic rings. The minimum Gasteiger partial charge on any atom is -0.482 e. The SMILES string of the molecule is Cc1nc(C)c(Cl)c(OCC(=O)c2ccccc2)c1Cl. The summed E-state index contributed by atoms with van der Waals surface area (Å²) in [5.74, 6) is 0.174. The first-order valence-electron chi connectivity index (χ1n) is 6.04. The van der Waals surface area contributed by atoms with Gasteiger partial charge >= 0.3 is 0 Å². The van der Waals surface area contributed by atoms with Crippen molar-refractivity contribution in [2.75, 3.05) is 6.61 Å². The molecule has 3 nitrogen and oxygen atoms in total. The molecule has 1 heterocycles. The van der Waals surface area contributed by atoms with Crippen molar-refractivity contribution < 1.29 is 9.53 Å². The molecule has 0 N–H and O–H groups in total. The Morgan fingerprint density at radius 2 is 1.65 bits per heavy atom. The summed E-state index contributed by atoms with van der Waals surface area (Å²) in [6, 6.07) is 8.92. The fraction of sp³-hybridized carbons (Fsp3) is 0.200. The summed E-state index contributed by atoms with van der Waals surface area (Å²) in [7, 11) is 0. The van der Waals surface area contributed by atoms with E-state index in [1.165, 1.54) is 0 Å². The molecule has 0 saturated heterocycles. The predicted molar refractivity (Wildman–Crippen MR) is 80.0 cm³/mol. The number of aryl methyl sites for hydroxylation is 2. The van der Waals surface area contributed by atoms with Crippen molar-refractivity contribution in [1.29, 1.82) is 0 Å². The summed E-state index contributed by atoms with van der Waals surface area (Å²) in [5.41, 5.74) is 1.83. The van der Waals surface area contributed by atoms with Crippen LogP contribution >= 0.6 is 23.2 Å². The highest BCUT2D eigenvalue weighted by Crippen LogP contribution is 2.36. The first-order chi connectivity index (χ1) is 9.50. The van der Waals surface area contributed by atoms with Crippen molar-refractivity contribution in [3.05, 3.63) is 57.3 Å². The van der Waals surface area contributed by atoms with Crippen LogP contribution in [0.5, 0.6) is 5.75 Å². The van der Waals surface area contributed by atoms with Crippen molar-refractivity contribution in [2.24, 2.45) is 0 Å². The van der Waals surface area contributed by atoms with Crippen molar-refractivity contribution in [1.82, 2.24) is 4.98 Å². The van der Waals surface area contributed by atoms with Crippen LogP contribution in [-0.4, -0.2) is 17.4 Å². The van der Waals surface area contributed by atoms with E-state index in [0.717, 1.165) is 0 Å². The molecule has 0 radical (unpaired) electrons. The molecule has 0 aliphatic carbocycles. The van der Waals surface area contributed by atoms with Gasteiger partial charge in [0.2, 0.25) is 0 Å². The molecule has 0 fully saturated rings. The Kier molecular flexibility index (Phi) is 4.63. The van der Waals surface area contributed by atoms with Gasteiger partial charge in [-0.2, -0.15) is 0 Å². The van der Waals surface area contributed by atoms with E-state index < -0.39 is 0 Å². The van der Waals surface area contributed by atoms with E-state index in [-0.39, 0.29) is 12.4 Å². The minimum absolute atomic E-state index is 0.119. The molecular weight excluding hydrogens is 297 g/mol. The Labute approximate surface area is 127 Å². The number of ketones is 1. The Bertz CT molecular complexity index is 616. The molecule has 20 heavy (non-hydrogen) atoms. The standard InChI is InChI=1S/C15H13Cl2NO2/c1-9-13(16)15(14(17)10(2)18-9)20-8-12(19)11-6-4-3-5-7-11/h3-7H,8H2,1-2H3. The molecule has 0 unspecified atom stereocenters. The van der Waals surface area contributed by atoms with Crippen LogP contribution < -0.4 is 4.74 Å². The highest BCUT2D eigenvalue weighted by Gasteiger charge is 2.16. The Morgan fingerprint density at radius 1 is 1.10 bits per heavy atom. The number of carbonyl (C=O) groups is 1. The van der Waals surface area contributed by atoms with E-state index in [0.29, 0.717) is 32.7 Å². The van der Waals surface area contributed by atoms with E-state index in [1.54, 1.807) is 38.1 Å². The second-order valence-electron chi connectivity index (χ2n) is 4.32. The average Bonchev–Trinajstić information content (AvgIpc) is 2.46. The zero-order chi connectivity index (χ0) is 14.7. The number of Topliss-reactive ketones (excluding diaryl/α,β-unsaturated/α-hetero) is 1. The number of nitrogens with zero attached hydrogens (tertiary/aromatic N) is 1. The molecule has 0 atom stereocenters. The normalized spacial score (nSPS) is 10.4. The lowest BCUT2D eigenvalue weighted by atomic mass is 10.1. The van der Waals surface area contributed by atoms with Crippen LogP contribution in [0.2, 0.25) is 10.0 Å². The molecule has 1 aromatic heterocycles. The molecule has 1 aromatic carbocycles. The van der Waals surface area contributed by atoms with Gasteiger partial charge < -0.3 is 4.74 Å². The summed E-state index contributed by atoms with van der Waals surface area (Å²) in [6.07, 6.45) is 0. The Morgan fingerprint density at radius 3 is 2.20 bits per heavy atom. The van der Waals surface area contributed by atoms with E-state index >= 15 is 0 Å². The quantitative estimate of drug-likeness (QED) is 0.792. The van der Waals surface area contributed by atoms with E-state index in [4.69, 9.17) is 27.9 Å². The number of halogens is 2. The van der Waals surface area contributed by atoms with Gasteiger partial charge in [-0.25, -0.2) is 0 Å². The van der Waals surface area contributed by atoms with Gasteiger partial charge in [0.25, 0.3) is 0 Å². The summed E-state index contributed by atoms with van der Waals surface area (Å²) >= 11 is 12.2. The van der Waals surface area contributed by atoms with Crippen molar-refractivity contribution in [2.45, 2.75) is 13.8 Å². The molecule has 5 heteroatoms. The summed E-state index contributed by atoms with van der Waals surface area (Å²) in [4.78, 5) is 16.2. The largest absolute Gasteiger partial charge is 0.482 e. The number of benzene rings is 1. The summed E-state index contributed by atoms with van der Waals surface area (Å²) < 4.78 is 5.49. The second kappa shape index (κ2) is 6.25. The molecule has 104 valence electrons. The monoisotopic (exact) mass is 309 g/mol. The first-order valence-corrected chi connectivity index (χ1v) is 6.79. The topological polar surface area (TPSA) is 39.2 Å². The van der Waals surface area contributed by atoms with Crippen LogP contribution in [0.15, 0.2) is 30.3 Å². The van der Waals surface area contributed by atoms with Gasteiger partial charge in [0.1, 0.15) is 10.0 Å². The first kappa shape index (κ1) is 14.8. The average molecular weight is 310 g/mol. The maximum Gasteiger partial charge on any atom is 0.200 e. The smallest absolute Gasteiger partial charge is 0.200 e. The molecule has 0 amide bonds. The van der Waals surface area contributed by atoms with Crippen molar-refractivity contribution in [3.8, 4) is 5.75 Å². The lowest BCUT2D eigenvalue weighted by molar-refractivity contribution is 0.0921. The summed E-state index contributed by atoms with van der Waals surface area (Å²) in [6.45, 7) is 3.40. The number of rotatable bonds is 4. The van der Waals surface area contributed by atoms with Crippen LogP contribution in [-0.2, 0) is 0 Å². The summed E-state index contributed by atoms with van der Waals surface area (Å²) in [5, 5.41) is 0.669. The van der Waals surface area contributed by atoms with Gasteiger partial charge in [-0.15, -0.1) is 0 Å². The zero-order valence-electron chi connectivity index (χ0n) is 11.1. The van der Waals surface area contributed by atoms with Gasteiger partial charge in [0, 0.05) is 5.56 Å². The number of pyridine rings is 1.